The Morgan fingerprint density at radius 2 is 2.11 bits per heavy atom. The van der Waals surface area contributed by atoms with Crippen LogP contribution in [0.5, 0.6) is 0 Å². The molecule has 0 radical (unpaired) electrons. The van der Waals surface area contributed by atoms with E-state index in [1.807, 2.05) is 0 Å². The molecule has 1 rings (SSSR count). The van der Waals surface area contributed by atoms with Crippen molar-refractivity contribution < 1.29 is 27.8 Å². The Morgan fingerprint density at radius 3 is 2.72 bits per heavy atom. The zero-order valence-electron chi connectivity index (χ0n) is 10.4. The van der Waals surface area contributed by atoms with Crippen LogP contribution in [-0.2, 0) is 24.3 Å². The summed E-state index contributed by atoms with van der Waals surface area (Å²) in [7, 11) is -2.03. The molecule has 1 fully saturated rings. The fourth-order valence-electron chi connectivity index (χ4n) is 1.85. The summed E-state index contributed by atoms with van der Waals surface area (Å²) in [6.45, 7) is 1.06. The average Bonchev–Trinajstić information content (AvgIpc) is 2.78. The number of ether oxygens (including phenoxy) is 2. The molecule has 18 heavy (non-hydrogen) atoms. The molecule has 0 unspecified atom stereocenters. The SMILES string of the molecule is COCCOCCS(=O)(=O)N1CCC[C@@H]1C(=O)O. The number of nitrogens with zero attached hydrogens (tertiary/aromatic N) is 1. The number of sulfonamides is 1. The summed E-state index contributed by atoms with van der Waals surface area (Å²) in [4.78, 5) is 10.9. The van der Waals surface area contributed by atoms with E-state index in [1.54, 1.807) is 0 Å². The number of hydrogen-bond donors (Lipinski definition) is 1. The van der Waals surface area contributed by atoms with Gasteiger partial charge in [0.05, 0.1) is 25.6 Å². The molecule has 0 amide bonds. The van der Waals surface area contributed by atoms with E-state index in [1.165, 1.54) is 7.11 Å². The van der Waals surface area contributed by atoms with E-state index >= 15 is 0 Å². The Balaban J connectivity index is 2.45. The lowest BCUT2D eigenvalue weighted by atomic mass is 10.2. The molecule has 7 nitrogen and oxygen atoms in total. The van der Waals surface area contributed by atoms with Crippen LogP contribution in [0.25, 0.3) is 0 Å². The summed E-state index contributed by atoms with van der Waals surface area (Å²) in [6, 6.07) is -0.922. The van der Waals surface area contributed by atoms with Gasteiger partial charge in [-0.1, -0.05) is 0 Å². The molecule has 1 N–H and O–H groups in total. The van der Waals surface area contributed by atoms with E-state index in [-0.39, 0.29) is 18.9 Å². The Labute approximate surface area is 107 Å². The summed E-state index contributed by atoms with van der Waals surface area (Å²) in [6.07, 6.45) is 0.958. The molecule has 0 spiro atoms. The molecule has 0 aliphatic carbocycles. The minimum absolute atomic E-state index is 0.0501. The molecule has 1 aliphatic heterocycles. The Bertz CT molecular complexity index is 369. The summed E-state index contributed by atoms with van der Waals surface area (Å²) in [5, 5.41) is 8.93. The van der Waals surface area contributed by atoms with Gasteiger partial charge in [-0.2, -0.15) is 4.31 Å². The third-order valence-corrected chi connectivity index (χ3v) is 4.60. The van der Waals surface area contributed by atoms with Crippen molar-refractivity contribution in [3.8, 4) is 0 Å². The van der Waals surface area contributed by atoms with Gasteiger partial charge in [0.2, 0.25) is 10.0 Å². The van der Waals surface area contributed by atoms with Gasteiger partial charge in [0.15, 0.2) is 0 Å². The molecule has 1 saturated heterocycles. The molecule has 1 aliphatic rings. The maximum atomic E-state index is 11.9. The molecular formula is C10H19NO6S. The van der Waals surface area contributed by atoms with E-state index in [0.29, 0.717) is 26.1 Å². The zero-order chi connectivity index (χ0) is 13.6. The molecule has 106 valence electrons. The highest BCUT2D eigenvalue weighted by Gasteiger charge is 2.38. The molecule has 0 aromatic rings. The summed E-state index contributed by atoms with van der Waals surface area (Å²) in [5.74, 6) is -1.28. The van der Waals surface area contributed by atoms with Crippen LogP contribution in [-0.4, -0.2) is 69.1 Å². The van der Waals surface area contributed by atoms with Crippen molar-refractivity contribution in [1.29, 1.82) is 0 Å². The van der Waals surface area contributed by atoms with Crippen molar-refractivity contribution >= 4 is 16.0 Å². The fraction of sp³-hybridized carbons (Fsp3) is 0.900. The second-order valence-electron chi connectivity index (χ2n) is 4.03. The summed E-state index contributed by atoms with van der Waals surface area (Å²) in [5.41, 5.74) is 0. The first kappa shape index (κ1) is 15.4. The molecule has 1 heterocycles. The smallest absolute Gasteiger partial charge is 0.322 e. The monoisotopic (exact) mass is 281 g/mol. The summed E-state index contributed by atoms with van der Waals surface area (Å²) >= 11 is 0. The van der Waals surface area contributed by atoms with E-state index in [2.05, 4.69) is 0 Å². The molecular weight excluding hydrogens is 262 g/mol. The first-order chi connectivity index (χ1) is 8.49. The topological polar surface area (TPSA) is 93.1 Å². The fourth-order valence-corrected chi connectivity index (χ4v) is 3.40. The minimum Gasteiger partial charge on any atom is -0.480 e. The van der Waals surface area contributed by atoms with Crippen LogP contribution in [0, 0.1) is 0 Å². The predicted octanol–water partition coefficient (Wildman–Crippen LogP) is -0.472. The maximum Gasteiger partial charge on any atom is 0.322 e. The standard InChI is InChI=1S/C10H19NO6S/c1-16-5-6-17-7-8-18(14,15)11-4-2-3-9(11)10(12)13/h9H,2-8H2,1H3,(H,12,13)/t9-/m1/s1. The highest BCUT2D eigenvalue weighted by atomic mass is 32.2. The minimum atomic E-state index is -3.55. The van der Waals surface area contributed by atoms with Crippen molar-refractivity contribution in [1.82, 2.24) is 4.31 Å². The molecule has 8 heteroatoms. The molecule has 1 atom stereocenters. The van der Waals surface area contributed by atoms with E-state index in [4.69, 9.17) is 14.6 Å². The molecule has 0 aromatic carbocycles. The first-order valence-corrected chi connectivity index (χ1v) is 7.39. The van der Waals surface area contributed by atoms with Gasteiger partial charge >= 0.3 is 5.97 Å². The van der Waals surface area contributed by atoms with Crippen LogP contribution < -0.4 is 0 Å². The van der Waals surface area contributed by atoms with Gasteiger partial charge in [0.25, 0.3) is 0 Å². The van der Waals surface area contributed by atoms with Gasteiger partial charge in [0, 0.05) is 13.7 Å². The molecule has 0 saturated carbocycles. The predicted molar refractivity (Wildman–Crippen MR) is 63.8 cm³/mol. The lowest BCUT2D eigenvalue weighted by molar-refractivity contribution is -0.140. The van der Waals surface area contributed by atoms with Gasteiger partial charge in [0.1, 0.15) is 6.04 Å². The van der Waals surface area contributed by atoms with Gasteiger partial charge in [-0.05, 0) is 12.8 Å². The third kappa shape index (κ3) is 4.20. The zero-order valence-corrected chi connectivity index (χ0v) is 11.2. The number of rotatable bonds is 8. The number of carboxylic acid groups (broad SMARTS) is 1. The van der Waals surface area contributed by atoms with Gasteiger partial charge in [-0.15, -0.1) is 0 Å². The van der Waals surface area contributed by atoms with Crippen LogP contribution in [0.1, 0.15) is 12.8 Å². The normalized spacial score (nSPS) is 21.3. The van der Waals surface area contributed by atoms with E-state index in [0.717, 1.165) is 4.31 Å². The molecule has 0 bridgehead atoms. The first-order valence-electron chi connectivity index (χ1n) is 5.78. The quantitative estimate of drug-likeness (QED) is 0.604. The van der Waals surface area contributed by atoms with Crippen molar-refractivity contribution in [3.05, 3.63) is 0 Å². The second kappa shape index (κ2) is 7.03. The van der Waals surface area contributed by atoms with Crippen LogP contribution in [0.4, 0.5) is 0 Å². The van der Waals surface area contributed by atoms with E-state index < -0.39 is 22.0 Å². The second-order valence-corrected chi connectivity index (χ2v) is 6.07. The van der Waals surface area contributed by atoms with Crippen LogP contribution in [0.2, 0.25) is 0 Å². The van der Waals surface area contributed by atoms with E-state index in [9.17, 15) is 13.2 Å². The largest absolute Gasteiger partial charge is 0.480 e. The maximum absolute atomic E-state index is 11.9. The van der Waals surface area contributed by atoms with Crippen molar-refractivity contribution in [2.24, 2.45) is 0 Å². The highest BCUT2D eigenvalue weighted by Crippen LogP contribution is 2.21. The van der Waals surface area contributed by atoms with Crippen molar-refractivity contribution in [2.45, 2.75) is 18.9 Å². The number of aliphatic carboxylic acids is 1. The lowest BCUT2D eigenvalue weighted by Crippen LogP contribution is -2.42. The Morgan fingerprint density at radius 1 is 1.39 bits per heavy atom. The number of carbonyl (C=O) groups is 1. The van der Waals surface area contributed by atoms with Gasteiger partial charge in [-0.3, -0.25) is 4.79 Å². The number of carboxylic acids is 1. The lowest BCUT2D eigenvalue weighted by Gasteiger charge is -2.20. The molecule has 0 aromatic heterocycles. The van der Waals surface area contributed by atoms with Crippen LogP contribution >= 0.6 is 0 Å². The van der Waals surface area contributed by atoms with Gasteiger partial charge in [-0.25, -0.2) is 8.42 Å². The van der Waals surface area contributed by atoms with Crippen LogP contribution in [0.15, 0.2) is 0 Å². The average molecular weight is 281 g/mol. The number of hydrogen-bond acceptors (Lipinski definition) is 5. The third-order valence-electron chi connectivity index (χ3n) is 2.76. The number of methoxy groups -OCH3 is 1. The Hall–Kier alpha value is -0.700. The Kier molecular flexibility index (Phi) is 6.00. The summed E-state index contributed by atoms with van der Waals surface area (Å²) < 4.78 is 34.8. The van der Waals surface area contributed by atoms with Crippen LogP contribution in [0.3, 0.4) is 0 Å². The van der Waals surface area contributed by atoms with Crippen molar-refractivity contribution in [2.75, 3.05) is 39.2 Å². The van der Waals surface area contributed by atoms with Crippen molar-refractivity contribution in [3.63, 3.8) is 0 Å². The highest BCUT2D eigenvalue weighted by molar-refractivity contribution is 7.89. The van der Waals surface area contributed by atoms with Gasteiger partial charge < -0.3 is 14.6 Å².